The van der Waals surface area contributed by atoms with Crippen LogP contribution in [0.5, 0.6) is 0 Å². The predicted octanol–water partition coefficient (Wildman–Crippen LogP) is 2.26. The van der Waals surface area contributed by atoms with Crippen LogP contribution >= 0.6 is 0 Å². The van der Waals surface area contributed by atoms with Gasteiger partial charge in [-0.2, -0.15) is 0 Å². The highest BCUT2D eigenvalue weighted by atomic mass is 15.2. The first-order chi connectivity index (χ1) is 9.74. The predicted molar refractivity (Wildman–Crippen MR) is 82.3 cm³/mol. The summed E-state index contributed by atoms with van der Waals surface area (Å²) in [5, 5.41) is 0. The molecule has 5 heteroatoms. The molecule has 0 bridgehead atoms. The number of nitrogens with two attached hydrogens (primary N) is 1. The Hall–Kier alpha value is -1.88. The molecule has 0 aromatic carbocycles. The van der Waals surface area contributed by atoms with Crippen LogP contribution in [0.4, 0.5) is 5.82 Å². The molecule has 2 aromatic rings. The van der Waals surface area contributed by atoms with Crippen LogP contribution in [0.2, 0.25) is 0 Å². The Morgan fingerprint density at radius 3 is 2.70 bits per heavy atom. The molecule has 0 atom stereocenters. The highest BCUT2D eigenvalue weighted by molar-refractivity contribution is 5.59. The van der Waals surface area contributed by atoms with Crippen molar-refractivity contribution in [1.29, 1.82) is 0 Å². The minimum Gasteiger partial charge on any atom is -0.384 e. The Morgan fingerprint density at radius 2 is 2.05 bits per heavy atom. The summed E-state index contributed by atoms with van der Waals surface area (Å²) in [6.45, 7) is 8.62. The van der Waals surface area contributed by atoms with E-state index in [9.17, 15) is 0 Å². The lowest BCUT2D eigenvalue weighted by Crippen LogP contribution is -2.28. The second kappa shape index (κ2) is 7.05. The smallest absolute Gasteiger partial charge is 0.123 e. The molecule has 2 aromatic heterocycles. The summed E-state index contributed by atoms with van der Waals surface area (Å²) in [7, 11) is 0. The first-order valence-electron chi connectivity index (χ1n) is 7.19. The van der Waals surface area contributed by atoms with Crippen molar-refractivity contribution in [2.45, 2.75) is 26.8 Å². The quantitative estimate of drug-likeness (QED) is 0.840. The molecule has 2 N–H and O–H groups in total. The van der Waals surface area contributed by atoms with Crippen molar-refractivity contribution >= 4 is 5.82 Å². The lowest BCUT2D eigenvalue weighted by atomic mass is 10.2. The monoisotopic (exact) mass is 273 g/mol. The molecule has 0 saturated carbocycles. The largest absolute Gasteiger partial charge is 0.384 e. The maximum absolute atomic E-state index is 5.63. The van der Waals surface area contributed by atoms with Crippen LogP contribution in [0.1, 0.15) is 20.3 Å². The standard InChI is InChI=1S/C15H23N5/c1-3-7-19(4-2)8-9-20-12-17-11-14(20)13-5-6-15(16)18-10-13/h5-6,10-12H,3-4,7-9H2,1-2H3,(H2,16,18). The van der Waals surface area contributed by atoms with Crippen molar-refractivity contribution in [2.75, 3.05) is 25.4 Å². The fourth-order valence-electron chi connectivity index (χ4n) is 2.29. The number of imidazole rings is 1. The van der Waals surface area contributed by atoms with Crippen molar-refractivity contribution in [3.8, 4) is 11.3 Å². The highest BCUT2D eigenvalue weighted by Crippen LogP contribution is 2.18. The van der Waals surface area contributed by atoms with Gasteiger partial charge in [0, 0.05) is 24.8 Å². The van der Waals surface area contributed by atoms with Crippen LogP contribution in [0.3, 0.4) is 0 Å². The molecule has 0 radical (unpaired) electrons. The molecular weight excluding hydrogens is 250 g/mol. The van der Waals surface area contributed by atoms with E-state index in [1.54, 1.807) is 6.20 Å². The molecular formula is C15H23N5. The van der Waals surface area contributed by atoms with Gasteiger partial charge >= 0.3 is 0 Å². The Kier molecular flexibility index (Phi) is 5.12. The van der Waals surface area contributed by atoms with E-state index in [2.05, 4.69) is 33.3 Å². The van der Waals surface area contributed by atoms with Gasteiger partial charge in [-0.15, -0.1) is 0 Å². The van der Waals surface area contributed by atoms with Crippen molar-refractivity contribution < 1.29 is 0 Å². The first kappa shape index (κ1) is 14.5. The zero-order chi connectivity index (χ0) is 14.4. The zero-order valence-corrected chi connectivity index (χ0v) is 12.3. The molecule has 108 valence electrons. The van der Waals surface area contributed by atoms with Gasteiger partial charge in [0.15, 0.2) is 0 Å². The normalized spacial score (nSPS) is 11.2. The van der Waals surface area contributed by atoms with Crippen LogP contribution in [-0.2, 0) is 6.54 Å². The van der Waals surface area contributed by atoms with E-state index in [0.29, 0.717) is 5.82 Å². The number of anilines is 1. The van der Waals surface area contributed by atoms with Crippen molar-refractivity contribution in [1.82, 2.24) is 19.4 Å². The van der Waals surface area contributed by atoms with Gasteiger partial charge in [0.2, 0.25) is 0 Å². The Bertz CT molecular complexity index is 517. The SMILES string of the molecule is CCCN(CC)CCn1cncc1-c1ccc(N)nc1. The molecule has 0 aliphatic heterocycles. The number of likely N-dealkylation sites (N-methyl/N-ethyl adjacent to an activating group) is 1. The summed E-state index contributed by atoms with van der Waals surface area (Å²) in [4.78, 5) is 10.8. The number of pyridine rings is 1. The number of hydrogen-bond acceptors (Lipinski definition) is 4. The van der Waals surface area contributed by atoms with Crippen molar-refractivity contribution in [2.24, 2.45) is 0 Å². The fourth-order valence-corrected chi connectivity index (χ4v) is 2.29. The highest BCUT2D eigenvalue weighted by Gasteiger charge is 2.07. The Morgan fingerprint density at radius 1 is 1.20 bits per heavy atom. The second-order valence-corrected chi connectivity index (χ2v) is 4.88. The molecule has 20 heavy (non-hydrogen) atoms. The number of aromatic nitrogens is 3. The van der Waals surface area contributed by atoms with E-state index >= 15 is 0 Å². The Labute approximate surface area is 120 Å². The molecule has 2 heterocycles. The van der Waals surface area contributed by atoms with E-state index < -0.39 is 0 Å². The summed E-state index contributed by atoms with van der Waals surface area (Å²) in [6.07, 6.45) is 6.74. The number of rotatable bonds is 7. The van der Waals surface area contributed by atoms with Gasteiger partial charge in [-0.3, -0.25) is 0 Å². The minimum atomic E-state index is 0.542. The van der Waals surface area contributed by atoms with Crippen LogP contribution < -0.4 is 5.73 Å². The molecule has 0 fully saturated rings. The van der Waals surface area contributed by atoms with E-state index in [-0.39, 0.29) is 0 Å². The van der Waals surface area contributed by atoms with Gasteiger partial charge in [0.1, 0.15) is 5.82 Å². The third kappa shape index (κ3) is 3.57. The second-order valence-electron chi connectivity index (χ2n) is 4.88. The molecule has 2 rings (SSSR count). The van der Waals surface area contributed by atoms with Crippen LogP contribution in [0, 0.1) is 0 Å². The van der Waals surface area contributed by atoms with E-state index in [1.807, 2.05) is 24.7 Å². The molecule has 0 aliphatic carbocycles. The van der Waals surface area contributed by atoms with Gasteiger partial charge in [-0.25, -0.2) is 9.97 Å². The van der Waals surface area contributed by atoms with E-state index in [4.69, 9.17) is 5.73 Å². The fraction of sp³-hybridized carbons (Fsp3) is 0.467. The first-order valence-corrected chi connectivity index (χ1v) is 7.19. The van der Waals surface area contributed by atoms with Gasteiger partial charge in [0.05, 0.1) is 18.2 Å². The van der Waals surface area contributed by atoms with Crippen molar-refractivity contribution in [3.05, 3.63) is 30.9 Å². The third-order valence-corrected chi connectivity index (χ3v) is 3.44. The summed E-state index contributed by atoms with van der Waals surface area (Å²) < 4.78 is 2.17. The Balaban J connectivity index is 2.07. The molecule has 0 unspecified atom stereocenters. The van der Waals surface area contributed by atoms with Crippen LogP contribution in [-0.4, -0.2) is 39.1 Å². The molecule has 0 spiro atoms. The average molecular weight is 273 g/mol. The summed E-state index contributed by atoms with van der Waals surface area (Å²) >= 11 is 0. The number of nitrogens with zero attached hydrogens (tertiary/aromatic N) is 4. The zero-order valence-electron chi connectivity index (χ0n) is 12.3. The van der Waals surface area contributed by atoms with Crippen molar-refractivity contribution in [3.63, 3.8) is 0 Å². The number of nitrogen functional groups attached to an aromatic ring is 1. The lowest BCUT2D eigenvalue weighted by Gasteiger charge is -2.20. The molecule has 0 aliphatic rings. The van der Waals surface area contributed by atoms with Gasteiger partial charge < -0.3 is 15.2 Å². The summed E-state index contributed by atoms with van der Waals surface area (Å²) in [6, 6.07) is 3.81. The summed E-state index contributed by atoms with van der Waals surface area (Å²) in [5.74, 6) is 0.542. The maximum Gasteiger partial charge on any atom is 0.123 e. The molecule has 5 nitrogen and oxygen atoms in total. The van der Waals surface area contributed by atoms with Crippen LogP contribution in [0.15, 0.2) is 30.9 Å². The molecule has 0 amide bonds. The topological polar surface area (TPSA) is 60.0 Å². The van der Waals surface area contributed by atoms with Crippen LogP contribution in [0.25, 0.3) is 11.3 Å². The maximum atomic E-state index is 5.63. The lowest BCUT2D eigenvalue weighted by molar-refractivity contribution is 0.277. The summed E-state index contributed by atoms with van der Waals surface area (Å²) in [5.41, 5.74) is 7.77. The van der Waals surface area contributed by atoms with Gasteiger partial charge in [-0.1, -0.05) is 13.8 Å². The molecule has 0 saturated heterocycles. The van der Waals surface area contributed by atoms with Gasteiger partial charge in [-0.05, 0) is 31.6 Å². The minimum absolute atomic E-state index is 0.542. The van der Waals surface area contributed by atoms with E-state index in [0.717, 1.165) is 37.4 Å². The average Bonchev–Trinajstić information content (AvgIpc) is 2.92. The third-order valence-electron chi connectivity index (χ3n) is 3.44. The van der Waals surface area contributed by atoms with Gasteiger partial charge in [0.25, 0.3) is 0 Å². The van der Waals surface area contributed by atoms with E-state index in [1.165, 1.54) is 6.42 Å². The number of hydrogen-bond donors (Lipinski definition) is 1.